The standard InChI is InChI=1S/C24H36O9/c1-10(25)31-18-19(32-11(2)26)24(30)15(14-17(33-14)20(24,3)4)22(6,29)13-8-7-12-16(27)23(13,18)9-21(12,5)28/h12-19,27-30H,7-9H2,1-6H3/t12-,13+,14+,15+,16-,17+,18-,19-,21-,22-,23-,24+/m1/s1. The normalized spacial score (nSPS) is 57.9. The van der Waals surface area contributed by atoms with Gasteiger partial charge in [0.25, 0.3) is 0 Å². The molecule has 1 aliphatic heterocycles. The molecule has 4 saturated carbocycles. The van der Waals surface area contributed by atoms with E-state index in [1.54, 1.807) is 27.7 Å². The van der Waals surface area contributed by atoms with Crippen molar-refractivity contribution in [2.24, 2.45) is 28.6 Å². The largest absolute Gasteiger partial charge is 0.458 e. The van der Waals surface area contributed by atoms with E-state index in [1.165, 1.54) is 13.8 Å². The number of esters is 2. The Hall–Kier alpha value is -1.26. The number of carbonyl (C=O) groups excluding carboxylic acids is 2. The van der Waals surface area contributed by atoms with Crippen LogP contribution in [0.4, 0.5) is 0 Å². The first kappa shape index (κ1) is 23.5. The minimum atomic E-state index is -1.81. The number of rotatable bonds is 2. The maximum Gasteiger partial charge on any atom is 0.303 e. The molecule has 33 heavy (non-hydrogen) atoms. The van der Waals surface area contributed by atoms with Crippen LogP contribution in [0.25, 0.3) is 0 Å². The fraction of sp³-hybridized carbons (Fsp3) is 0.917. The summed E-state index contributed by atoms with van der Waals surface area (Å²) in [6.07, 6.45) is -3.67. The lowest BCUT2D eigenvalue weighted by atomic mass is 9.56. The molecule has 9 nitrogen and oxygen atoms in total. The zero-order valence-corrected chi connectivity index (χ0v) is 20.1. The van der Waals surface area contributed by atoms with Gasteiger partial charge in [-0.1, -0.05) is 13.8 Å². The van der Waals surface area contributed by atoms with Crippen LogP contribution in [0.5, 0.6) is 0 Å². The molecular formula is C24H36O9. The van der Waals surface area contributed by atoms with Crippen LogP contribution in [0, 0.1) is 28.6 Å². The second-order valence-corrected chi connectivity index (χ2v) is 12.2. The highest BCUT2D eigenvalue weighted by molar-refractivity contribution is 5.68. The van der Waals surface area contributed by atoms with Crippen molar-refractivity contribution in [1.82, 2.24) is 0 Å². The first-order chi connectivity index (χ1) is 15.0. The molecular weight excluding hydrogens is 432 g/mol. The Morgan fingerprint density at radius 3 is 2.09 bits per heavy atom. The van der Waals surface area contributed by atoms with Crippen LogP contribution in [0.1, 0.15) is 60.8 Å². The highest BCUT2D eigenvalue weighted by atomic mass is 16.6. The summed E-state index contributed by atoms with van der Waals surface area (Å²) in [7, 11) is 0. The molecule has 0 radical (unpaired) electrons. The molecule has 0 aromatic carbocycles. The van der Waals surface area contributed by atoms with Gasteiger partial charge < -0.3 is 34.6 Å². The Balaban J connectivity index is 1.81. The van der Waals surface area contributed by atoms with Crippen LogP contribution in [-0.2, 0) is 23.8 Å². The lowest BCUT2D eigenvalue weighted by molar-refractivity contribution is -0.247. The fourth-order valence-corrected chi connectivity index (χ4v) is 8.86. The van der Waals surface area contributed by atoms with Crippen LogP contribution in [-0.4, -0.2) is 79.7 Å². The maximum absolute atomic E-state index is 12.5. The van der Waals surface area contributed by atoms with E-state index < -0.39 is 81.7 Å². The molecule has 12 atom stereocenters. The second-order valence-electron chi connectivity index (χ2n) is 12.2. The molecule has 186 valence electrons. The highest BCUT2D eigenvalue weighted by Gasteiger charge is 2.86. The van der Waals surface area contributed by atoms with Gasteiger partial charge in [-0.15, -0.1) is 0 Å². The van der Waals surface area contributed by atoms with E-state index in [4.69, 9.17) is 14.2 Å². The highest BCUT2D eigenvalue weighted by Crippen LogP contribution is 2.73. The average molecular weight is 469 g/mol. The Labute approximate surface area is 193 Å². The summed E-state index contributed by atoms with van der Waals surface area (Å²) >= 11 is 0. The van der Waals surface area contributed by atoms with Gasteiger partial charge in [-0.2, -0.15) is 0 Å². The Morgan fingerprint density at radius 1 is 0.939 bits per heavy atom. The van der Waals surface area contributed by atoms with Crippen molar-refractivity contribution in [3.8, 4) is 0 Å². The van der Waals surface area contributed by atoms with Crippen molar-refractivity contribution in [2.45, 2.75) is 108 Å². The van der Waals surface area contributed by atoms with E-state index >= 15 is 0 Å². The molecule has 0 amide bonds. The van der Waals surface area contributed by atoms with Crippen molar-refractivity contribution in [3.63, 3.8) is 0 Å². The summed E-state index contributed by atoms with van der Waals surface area (Å²) in [5, 5.41) is 47.7. The molecule has 1 spiro atoms. The van der Waals surface area contributed by atoms with Gasteiger partial charge in [0.2, 0.25) is 0 Å². The number of aliphatic hydroxyl groups excluding tert-OH is 1. The average Bonchev–Trinajstić information content (AvgIpc) is 3.39. The van der Waals surface area contributed by atoms with Crippen molar-refractivity contribution >= 4 is 11.9 Å². The topological polar surface area (TPSA) is 146 Å². The van der Waals surface area contributed by atoms with Gasteiger partial charge in [-0.25, -0.2) is 0 Å². The minimum Gasteiger partial charge on any atom is -0.458 e. The maximum atomic E-state index is 12.5. The Kier molecular flexibility index (Phi) is 4.62. The number of epoxide rings is 1. The van der Waals surface area contributed by atoms with E-state index in [-0.39, 0.29) is 12.5 Å². The van der Waals surface area contributed by atoms with Crippen molar-refractivity contribution in [1.29, 1.82) is 0 Å². The van der Waals surface area contributed by atoms with Crippen LogP contribution < -0.4 is 0 Å². The van der Waals surface area contributed by atoms with Gasteiger partial charge in [0.15, 0.2) is 12.2 Å². The van der Waals surface area contributed by atoms with Crippen LogP contribution >= 0.6 is 0 Å². The van der Waals surface area contributed by atoms with Gasteiger partial charge >= 0.3 is 11.9 Å². The summed E-state index contributed by atoms with van der Waals surface area (Å²) in [6.45, 7) is 9.31. The summed E-state index contributed by atoms with van der Waals surface area (Å²) in [6, 6.07) is 0. The van der Waals surface area contributed by atoms with Gasteiger partial charge in [0.05, 0.1) is 29.5 Å². The zero-order chi connectivity index (χ0) is 24.5. The van der Waals surface area contributed by atoms with E-state index in [1.807, 2.05) is 0 Å². The third-order valence-corrected chi connectivity index (χ3v) is 10.0. The number of aliphatic hydroxyl groups is 4. The van der Waals surface area contributed by atoms with E-state index in [0.29, 0.717) is 12.8 Å². The molecule has 5 fully saturated rings. The number of hydrogen-bond acceptors (Lipinski definition) is 9. The van der Waals surface area contributed by atoms with Gasteiger partial charge in [-0.3, -0.25) is 9.59 Å². The van der Waals surface area contributed by atoms with Crippen molar-refractivity contribution < 1.29 is 44.2 Å². The SMILES string of the molecule is CC(=O)O[C@@H]1[C@@H](OC(C)=O)[C@@]2(O)[C@@H]([C@@H]3O[C@@H]3C2(C)C)[C@](C)(O)[C@@H]2CC[C@@H]3[C@@H](O)[C@]12C[C@@]3(C)O. The summed E-state index contributed by atoms with van der Waals surface area (Å²) in [4.78, 5) is 24.7. The number of fused-ring (bicyclic) bond motifs is 4. The first-order valence-electron chi connectivity index (χ1n) is 11.9. The first-order valence-corrected chi connectivity index (χ1v) is 11.9. The van der Waals surface area contributed by atoms with E-state index in [0.717, 1.165) is 0 Å². The second kappa shape index (κ2) is 6.49. The van der Waals surface area contributed by atoms with Crippen LogP contribution in [0.3, 0.4) is 0 Å². The predicted molar refractivity (Wildman–Crippen MR) is 113 cm³/mol. The van der Waals surface area contributed by atoms with Crippen LogP contribution in [0.2, 0.25) is 0 Å². The Morgan fingerprint density at radius 2 is 1.52 bits per heavy atom. The molecule has 0 aromatic rings. The third-order valence-electron chi connectivity index (χ3n) is 10.0. The van der Waals surface area contributed by atoms with Gasteiger partial charge in [0.1, 0.15) is 5.60 Å². The molecule has 0 unspecified atom stereocenters. The monoisotopic (exact) mass is 468 g/mol. The van der Waals surface area contributed by atoms with E-state index in [9.17, 15) is 30.0 Å². The summed E-state index contributed by atoms with van der Waals surface area (Å²) < 4.78 is 17.5. The lowest BCUT2D eigenvalue weighted by Gasteiger charge is -2.52. The summed E-state index contributed by atoms with van der Waals surface area (Å²) in [5.41, 5.74) is -6.96. The molecule has 4 aliphatic carbocycles. The molecule has 5 aliphatic rings. The quantitative estimate of drug-likeness (QED) is 0.332. The Bertz CT molecular complexity index is 896. The van der Waals surface area contributed by atoms with Gasteiger partial charge in [-0.05, 0) is 39.0 Å². The molecule has 5 rings (SSSR count). The lowest BCUT2D eigenvalue weighted by Crippen LogP contribution is -2.66. The minimum absolute atomic E-state index is 0.0283. The predicted octanol–water partition coefficient (Wildman–Crippen LogP) is 0.297. The molecule has 4 N–H and O–H groups in total. The summed E-state index contributed by atoms with van der Waals surface area (Å²) in [5.74, 6) is -3.35. The molecule has 9 heteroatoms. The third kappa shape index (κ3) is 2.60. The number of ether oxygens (including phenoxy) is 3. The molecule has 1 saturated heterocycles. The van der Waals surface area contributed by atoms with Crippen molar-refractivity contribution in [2.75, 3.05) is 0 Å². The van der Waals surface area contributed by atoms with Gasteiger partial charge in [0, 0.05) is 36.5 Å². The number of carbonyl (C=O) groups is 2. The number of hydrogen-bond donors (Lipinski definition) is 4. The molecule has 0 aromatic heterocycles. The molecule has 2 bridgehead atoms. The fourth-order valence-electron chi connectivity index (χ4n) is 8.86. The van der Waals surface area contributed by atoms with Crippen LogP contribution in [0.15, 0.2) is 0 Å². The smallest absolute Gasteiger partial charge is 0.303 e. The van der Waals surface area contributed by atoms with Crippen molar-refractivity contribution in [3.05, 3.63) is 0 Å². The zero-order valence-electron chi connectivity index (χ0n) is 20.1. The van der Waals surface area contributed by atoms with E-state index in [2.05, 4.69) is 0 Å². The molecule has 1 heterocycles.